The molecule has 2 aromatic rings. The van der Waals surface area contributed by atoms with Gasteiger partial charge in [-0.05, 0) is 31.2 Å². The number of carboxylic acids is 1. The third-order valence-corrected chi connectivity index (χ3v) is 9.23. The van der Waals surface area contributed by atoms with E-state index in [0.717, 1.165) is 16.9 Å². The summed E-state index contributed by atoms with van der Waals surface area (Å²) in [5.74, 6) is -0.446. The van der Waals surface area contributed by atoms with E-state index in [4.69, 9.17) is 21.0 Å². The van der Waals surface area contributed by atoms with Gasteiger partial charge in [-0.2, -0.15) is 0 Å². The van der Waals surface area contributed by atoms with Crippen molar-refractivity contribution >= 4 is 41.0 Å². The van der Waals surface area contributed by atoms with Crippen LogP contribution in [0.2, 0.25) is 0 Å². The van der Waals surface area contributed by atoms with Gasteiger partial charge < -0.3 is 30.1 Å². The summed E-state index contributed by atoms with van der Waals surface area (Å²) in [5.41, 5.74) is -0.354. The van der Waals surface area contributed by atoms with Crippen LogP contribution >= 0.6 is 11.3 Å². The second kappa shape index (κ2) is 16.5. The summed E-state index contributed by atoms with van der Waals surface area (Å²) in [4.78, 5) is 68.7. The molecule has 6 atom stereocenters. The first-order valence-electron chi connectivity index (χ1n) is 15.6. The Labute approximate surface area is 279 Å². The highest BCUT2D eigenvalue weighted by Gasteiger charge is 2.62. The minimum Gasteiger partial charge on any atom is -0.480 e. The maximum absolute atomic E-state index is 13.5. The second-order valence-corrected chi connectivity index (χ2v) is 13.1. The lowest BCUT2D eigenvalue weighted by Gasteiger charge is -2.34. The molecule has 0 spiro atoms. The molecule has 1 saturated heterocycles. The van der Waals surface area contributed by atoms with Gasteiger partial charge in [0.25, 0.3) is 11.8 Å². The van der Waals surface area contributed by atoms with Crippen LogP contribution in [0.25, 0.3) is 0 Å². The van der Waals surface area contributed by atoms with Crippen LogP contribution in [0.15, 0.2) is 35.7 Å². The number of terminal acetylenes is 1. The average molecular weight is 669 g/mol. The van der Waals surface area contributed by atoms with Crippen molar-refractivity contribution in [2.24, 2.45) is 11.8 Å². The van der Waals surface area contributed by atoms with Gasteiger partial charge in [0.15, 0.2) is 11.7 Å². The van der Waals surface area contributed by atoms with Crippen LogP contribution in [-0.4, -0.2) is 82.0 Å². The molecule has 1 aliphatic rings. The Morgan fingerprint density at radius 3 is 2.47 bits per heavy atom. The normalized spacial score (nSPS) is 19.4. The summed E-state index contributed by atoms with van der Waals surface area (Å²) in [7, 11) is 1.71. The van der Waals surface area contributed by atoms with Gasteiger partial charge in [-0.15, -0.1) is 23.7 Å². The van der Waals surface area contributed by atoms with E-state index >= 15 is 0 Å². The lowest BCUT2D eigenvalue weighted by atomic mass is 9.95. The molecule has 3 rings (SSSR count). The number of carboxylic acid groups (broad SMARTS) is 1. The lowest BCUT2D eigenvalue weighted by Crippen LogP contribution is -2.47. The van der Waals surface area contributed by atoms with Crippen molar-refractivity contribution < 1.29 is 38.6 Å². The zero-order valence-electron chi connectivity index (χ0n) is 27.6. The Hall–Kier alpha value is -4.28. The molecular formula is C34H44N4O8S. The Bertz CT molecular complexity index is 1470. The number of ether oxygens (including phenoxy) is 2. The van der Waals surface area contributed by atoms with Crippen LogP contribution in [-0.2, 0) is 35.1 Å². The standard InChI is InChI=1S/C34H44N4O8S/c1-8-22(9-2)16-28(40)38(7)26(20(3)4)17-27(45-21(5)39)32-37-25(19-47-32)31(43)36-24(15-23-13-11-10-12-14-23)30-34(6,46-30)33(44)35-18-29(41)42/h1,10-14,19-20,22,24,26-27,30H,9,15-18H2,2-7H3,(H,35,44)(H,36,43)(H,41,42)/t22-,24-,26+,27+,30?,34?/m0/s1. The summed E-state index contributed by atoms with van der Waals surface area (Å²) in [5, 5.41) is 16.2. The van der Waals surface area contributed by atoms with Crippen LogP contribution in [0.4, 0.5) is 0 Å². The fraction of sp³-hybridized carbons (Fsp3) is 0.529. The number of thiazole rings is 1. The largest absolute Gasteiger partial charge is 0.480 e. The molecule has 1 aromatic carbocycles. The number of carbonyl (C=O) groups is 5. The first-order valence-corrected chi connectivity index (χ1v) is 16.4. The number of aliphatic carboxylic acids is 1. The predicted octanol–water partition coefficient (Wildman–Crippen LogP) is 3.37. The number of amides is 3. The number of nitrogens with one attached hydrogen (secondary N) is 2. The van der Waals surface area contributed by atoms with Crippen LogP contribution in [0, 0.1) is 24.2 Å². The van der Waals surface area contributed by atoms with Crippen molar-refractivity contribution in [2.75, 3.05) is 13.6 Å². The SMILES string of the molecule is C#C[C@@H](CC)CC(=O)N(C)[C@H](C[C@@H](OC(C)=O)c1nc(C(=O)N[C@@H](Cc2ccccc2)C2OC2(C)C(=O)NCC(=O)O)cs1)C(C)C. The molecule has 47 heavy (non-hydrogen) atoms. The number of esters is 1. The summed E-state index contributed by atoms with van der Waals surface area (Å²) < 4.78 is 11.4. The van der Waals surface area contributed by atoms with Gasteiger partial charge in [0, 0.05) is 44.2 Å². The van der Waals surface area contributed by atoms with Crippen molar-refractivity contribution in [1.29, 1.82) is 0 Å². The molecule has 3 amide bonds. The number of aromatic nitrogens is 1. The minimum absolute atomic E-state index is 0.00921. The van der Waals surface area contributed by atoms with Crippen LogP contribution < -0.4 is 10.6 Å². The summed E-state index contributed by atoms with van der Waals surface area (Å²) in [6, 6.07) is 8.38. The summed E-state index contributed by atoms with van der Waals surface area (Å²) in [6.07, 6.45) is 5.52. The molecule has 12 nitrogen and oxygen atoms in total. The lowest BCUT2D eigenvalue weighted by molar-refractivity contribution is -0.148. The molecule has 0 radical (unpaired) electrons. The van der Waals surface area contributed by atoms with Gasteiger partial charge in [0.2, 0.25) is 5.91 Å². The van der Waals surface area contributed by atoms with Crippen molar-refractivity contribution in [3.8, 4) is 12.3 Å². The highest BCUT2D eigenvalue weighted by atomic mass is 32.1. The molecular weight excluding hydrogens is 624 g/mol. The Morgan fingerprint density at radius 2 is 1.89 bits per heavy atom. The maximum Gasteiger partial charge on any atom is 0.322 e. The number of epoxide rings is 1. The number of hydrogen-bond acceptors (Lipinski definition) is 9. The second-order valence-electron chi connectivity index (χ2n) is 12.2. The zero-order valence-corrected chi connectivity index (χ0v) is 28.5. The van der Waals surface area contributed by atoms with E-state index in [1.807, 2.05) is 51.1 Å². The van der Waals surface area contributed by atoms with E-state index in [0.29, 0.717) is 17.8 Å². The topological polar surface area (TPSA) is 168 Å². The first-order chi connectivity index (χ1) is 22.2. The Morgan fingerprint density at radius 1 is 1.21 bits per heavy atom. The van der Waals surface area contributed by atoms with Gasteiger partial charge in [-0.3, -0.25) is 24.0 Å². The zero-order chi connectivity index (χ0) is 34.9. The molecule has 0 bridgehead atoms. The van der Waals surface area contributed by atoms with Gasteiger partial charge in [-0.25, -0.2) is 4.98 Å². The highest BCUT2D eigenvalue weighted by Crippen LogP contribution is 2.40. The van der Waals surface area contributed by atoms with Crippen molar-refractivity contribution in [3.05, 3.63) is 52.0 Å². The fourth-order valence-electron chi connectivity index (χ4n) is 5.45. The van der Waals surface area contributed by atoms with E-state index in [2.05, 4.69) is 21.5 Å². The van der Waals surface area contributed by atoms with E-state index in [9.17, 15) is 24.0 Å². The van der Waals surface area contributed by atoms with Gasteiger partial charge in [-0.1, -0.05) is 51.1 Å². The molecule has 3 N–H and O–H groups in total. The van der Waals surface area contributed by atoms with Gasteiger partial charge >= 0.3 is 11.9 Å². The predicted molar refractivity (Wildman–Crippen MR) is 175 cm³/mol. The summed E-state index contributed by atoms with van der Waals surface area (Å²) in [6.45, 7) is 8.16. The van der Waals surface area contributed by atoms with Crippen LogP contribution in [0.3, 0.4) is 0 Å². The average Bonchev–Trinajstić information content (AvgIpc) is 3.48. The van der Waals surface area contributed by atoms with Gasteiger partial charge in [0.05, 0.1) is 6.04 Å². The highest BCUT2D eigenvalue weighted by molar-refractivity contribution is 7.09. The van der Waals surface area contributed by atoms with Crippen LogP contribution in [0.1, 0.15) is 81.0 Å². The number of benzene rings is 1. The molecule has 1 aromatic heterocycles. The van der Waals surface area contributed by atoms with E-state index in [-0.39, 0.29) is 42.3 Å². The van der Waals surface area contributed by atoms with Crippen molar-refractivity contribution in [3.63, 3.8) is 0 Å². The monoisotopic (exact) mass is 668 g/mol. The quantitative estimate of drug-likeness (QED) is 0.130. The van der Waals surface area contributed by atoms with E-state index < -0.39 is 54.1 Å². The van der Waals surface area contributed by atoms with E-state index in [1.165, 1.54) is 6.92 Å². The molecule has 13 heteroatoms. The molecule has 254 valence electrons. The van der Waals surface area contributed by atoms with Crippen molar-refractivity contribution in [2.45, 2.75) is 90.2 Å². The maximum atomic E-state index is 13.5. The number of nitrogens with zero attached hydrogens (tertiary/aromatic N) is 2. The van der Waals surface area contributed by atoms with E-state index in [1.54, 1.807) is 24.3 Å². The third-order valence-electron chi connectivity index (χ3n) is 8.29. The molecule has 2 unspecified atom stereocenters. The van der Waals surface area contributed by atoms with Gasteiger partial charge in [0.1, 0.15) is 23.4 Å². The van der Waals surface area contributed by atoms with Crippen molar-refractivity contribution in [1.82, 2.24) is 20.5 Å². The molecule has 1 fully saturated rings. The Kier molecular flexibility index (Phi) is 13.1. The Balaban J connectivity index is 1.80. The van der Waals surface area contributed by atoms with Crippen LogP contribution in [0.5, 0.6) is 0 Å². The number of hydrogen-bond donors (Lipinski definition) is 3. The molecule has 0 saturated carbocycles. The minimum atomic E-state index is -1.33. The summed E-state index contributed by atoms with van der Waals surface area (Å²) >= 11 is 1.16. The number of rotatable bonds is 17. The fourth-order valence-corrected chi connectivity index (χ4v) is 6.29. The molecule has 2 heterocycles. The molecule has 0 aliphatic carbocycles. The first kappa shape index (κ1) is 37.2. The number of carbonyl (C=O) groups excluding carboxylic acids is 4. The molecule has 1 aliphatic heterocycles. The third kappa shape index (κ3) is 10.1. The smallest absolute Gasteiger partial charge is 0.322 e.